The van der Waals surface area contributed by atoms with Crippen LogP contribution in [-0.2, 0) is 0 Å². The third kappa shape index (κ3) is 1.02. The normalized spacial score (nSPS) is 51.0. The largest absolute Gasteiger partial charge is 0.0878 e. The van der Waals surface area contributed by atoms with Gasteiger partial charge in [-0.15, -0.1) is 0 Å². The second-order valence-corrected chi connectivity index (χ2v) is 4.41. The summed E-state index contributed by atoms with van der Waals surface area (Å²) in [5.41, 5.74) is 0. The highest BCUT2D eigenvalue weighted by Crippen LogP contribution is 2.38. The third-order valence-electron chi connectivity index (χ3n) is 1.49. The summed E-state index contributed by atoms with van der Waals surface area (Å²) in [6, 6.07) is 0. The molecular weight excluding hydrogens is 220 g/mol. The van der Waals surface area contributed by atoms with Crippen LogP contribution in [0.15, 0.2) is 0 Å². The van der Waals surface area contributed by atoms with E-state index < -0.39 is 0 Å². The van der Waals surface area contributed by atoms with E-state index in [1.165, 1.54) is 6.42 Å². The van der Waals surface area contributed by atoms with Gasteiger partial charge in [-0.1, -0.05) is 38.8 Å². The standard InChI is InChI=1S/C5H8Br2/c1-3-2-4(6)5(3)7/h3-5H,2H2,1H3. The van der Waals surface area contributed by atoms with E-state index in [1.54, 1.807) is 0 Å². The molecule has 0 amide bonds. The first kappa shape index (κ1) is 6.09. The van der Waals surface area contributed by atoms with Crippen LogP contribution >= 0.6 is 31.9 Å². The van der Waals surface area contributed by atoms with E-state index in [0.29, 0.717) is 0 Å². The van der Waals surface area contributed by atoms with Gasteiger partial charge in [0.25, 0.3) is 0 Å². The van der Waals surface area contributed by atoms with Crippen molar-refractivity contribution in [2.45, 2.75) is 23.0 Å². The molecule has 1 rings (SSSR count). The van der Waals surface area contributed by atoms with Crippen LogP contribution in [0.5, 0.6) is 0 Å². The van der Waals surface area contributed by atoms with Crippen molar-refractivity contribution >= 4 is 31.9 Å². The van der Waals surface area contributed by atoms with Gasteiger partial charge in [0.1, 0.15) is 0 Å². The Morgan fingerprint density at radius 3 is 2.00 bits per heavy atom. The lowest BCUT2D eigenvalue weighted by atomic mass is 9.87. The van der Waals surface area contributed by atoms with Crippen LogP contribution in [0.2, 0.25) is 0 Å². The Morgan fingerprint density at radius 1 is 1.43 bits per heavy atom. The number of rotatable bonds is 0. The van der Waals surface area contributed by atoms with E-state index >= 15 is 0 Å². The summed E-state index contributed by atoms with van der Waals surface area (Å²) in [6.45, 7) is 2.26. The summed E-state index contributed by atoms with van der Waals surface area (Å²) in [6.07, 6.45) is 1.33. The highest BCUT2D eigenvalue weighted by molar-refractivity contribution is 9.12. The lowest BCUT2D eigenvalue weighted by Crippen LogP contribution is -2.35. The maximum atomic E-state index is 3.54. The molecule has 0 aromatic rings. The molecule has 0 radical (unpaired) electrons. The van der Waals surface area contributed by atoms with Gasteiger partial charge in [-0.3, -0.25) is 0 Å². The molecule has 0 bridgehead atoms. The lowest BCUT2D eigenvalue weighted by Gasteiger charge is -2.34. The maximum absolute atomic E-state index is 3.54. The number of alkyl halides is 2. The SMILES string of the molecule is CC1CC(Br)C1Br. The van der Waals surface area contributed by atoms with Crippen molar-refractivity contribution in [3.63, 3.8) is 0 Å². The van der Waals surface area contributed by atoms with Gasteiger partial charge in [-0.2, -0.15) is 0 Å². The van der Waals surface area contributed by atoms with E-state index in [9.17, 15) is 0 Å². The van der Waals surface area contributed by atoms with Gasteiger partial charge in [-0.05, 0) is 12.3 Å². The number of halogens is 2. The van der Waals surface area contributed by atoms with Crippen molar-refractivity contribution in [1.82, 2.24) is 0 Å². The maximum Gasteiger partial charge on any atom is 0.0297 e. The van der Waals surface area contributed by atoms with Crippen LogP contribution in [0.1, 0.15) is 13.3 Å². The monoisotopic (exact) mass is 226 g/mol. The predicted molar refractivity (Wildman–Crippen MR) is 39.2 cm³/mol. The first-order valence-corrected chi connectivity index (χ1v) is 4.33. The zero-order valence-corrected chi connectivity index (χ0v) is 7.37. The van der Waals surface area contributed by atoms with Crippen LogP contribution < -0.4 is 0 Å². The summed E-state index contributed by atoms with van der Waals surface area (Å²) < 4.78 is 0. The molecule has 0 N–H and O–H groups in total. The van der Waals surface area contributed by atoms with Crippen molar-refractivity contribution in [1.29, 1.82) is 0 Å². The van der Waals surface area contributed by atoms with Gasteiger partial charge >= 0.3 is 0 Å². The van der Waals surface area contributed by atoms with Crippen molar-refractivity contribution in [2.75, 3.05) is 0 Å². The fraction of sp³-hybridized carbons (Fsp3) is 1.00. The predicted octanol–water partition coefficient (Wildman–Crippen LogP) is 2.55. The molecule has 1 saturated carbocycles. The molecule has 7 heavy (non-hydrogen) atoms. The summed E-state index contributed by atoms with van der Waals surface area (Å²) in [7, 11) is 0. The second-order valence-electron chi connectivity index (χ2n) is 2.17. The van der Waals surface area contributed by atoms with Gasteiger partial charge in [0.05, 0.1) is 0 Å². The Hall–Kier alpha value is 0.960. The second kappa shape index (κ2) is 2.06. The molecule has 3 atom stereocenters. The summed E-state index contributed by atoms with van der Waals surface area (Å²) in [5.74, 6) is 0.879. The highest BCUT2D eigenvalue weighted by atomic mass is 79.9. The Balaban J connectivity index is 2.29. The Bertz CT molecular complexity index is 64.5. The third-order valence-corrected chi connectivity index (χ3v) is 4.68. The summed E-state index contributed by atoms with van der Waals surface area (Å²) >= 11 is 7.06. The quantitative estimate of drug-likeness (QED) is 0.559. The first-order valence-electron chi connectivity index (χ1n) is 2.50. The summed E-state index contributed by atoms with van der Waals surface area (Å²) in [5, 5.41) is 0. The molecule has 2 heteroatoms. The van der Waals surface area contributed by atoms with Crippen molar-refractivity contribution in [2.24, 2.45) is 5.92 Å². The molecule has 1 aliphatic carbocycles. The molecular formula is C5H8Br2. The van der Waals surface area contributed by atoms with Crippen LogP contribution in [0.25, 0.3) is 0 Å². The Kier molecular flexibility index (Phi) is 1.79. The zero-order valence-electron chi connectivity index (χ0n) is 4.20. The van der Waals surface area contributed by atoms with Crippen LogP contribution in [0, 0.1) is 5.92 Å². The molecule has 0 aliphatic heterocycles. The van der Waals surface area contributed by atoms with E-state index in [2.05, 4.69) is 38.8 Å². The van der Waals surface area contributed by atoms with Crippen molar-refractivity contribution in [3.8, 4) is 0 Å². The molecule has 42 valence electrons. The Morgan fingerprint density at radius 2 is 2.00 bits per heavy atom. The van der Waals surface area contributed by atoms with Crippen molar-refractivity contribution in [3.05, 3.63) is 0 Å². The van der Waals surface area contributed by atoms with Crippen molar-refractivity contribution < 1.29 is 0 Å². The molecule has 3 unspecified atom stereocenters. The number of hydrogen-bond donors (Lipinski definition) is 0. The first-order chi connectivity index (χ1) is 3.22. The minimum atomic E-state index is 0.729. The Labute approximate surface area is 60.9 Å². The average molecular weight is 228 g/mol. The summed E-state index contributed by atoms with van der Waals surface area (Å²) in [4.78, 5) is 1.47. The molecule has 0 nitrogen and oxygen atoms in total. The van der Waals surface area contributed by atoms with Crippen LogP contribution in [-0.4, -0.2) is 9.65 Å². The van der Waals surface area contributed by atoms with Gasteiger partial charge in [0.2, 0.25) is 0 Å². The molecule has 1 aliphatic rings. The fourth-order valence-corrected chi connectivity index (χ4v) is 2.32. The topological polar surface area (TPSA) is 0 Å². The molecule has 0 aromatic heterocycles. The van der Waals surface area contributed by atoms with E-state index in [0.717, 1.165) is 15.6 Å². The van der Waals surface area contributed by atoms with E-state index in [-0.39, 0.29) is 0 Å². The minimum absolute atomic E-state index is 0.729. The number of hydrogen-bond acceptors (Lipinski definition) is 0. The molecule has 0 spiro atoms. The van der Waals surface area contributed by atoms with E-state index in [1.807, 2.05) is 0 Å². The van der Waals surface area contributed by atoms with Crippen LogP contribution in [0.3, 0.4) is 0 Å². The molecule has 1 fully saturated rings. The van der Waals surface area contributed by atoms with E-state index in [4.69, 9.17) is 0 Å². The smallest absolute Gasteiger partial charge is 0.0297 e. The van der Waals surface area contributed by atoms with Gasteiger partial charge in [-0.25, -0.2) is 0 Å². The van der Waals surface area contributed by atoms with Gasteiger partial charge < -0.3 is 0 Å². The van der Waals surface area contributed by atoms with Crippen LogP contribution in [0.4, 0.5) is 0 Å². The van der Waals surface area contributed by atoms with Gasteiger partial charge in [0, 0.05) is 9.65 Å². The molecule has 0 saturated heterocycles. The zero-order chi connectivity index (χ0) is 5.44. The minimum Gasteiger partial charge on any atom is -0.0878 e. The molecule has 0 heterocycles. The average Bonchev–Trinajstić information content (AvgIpc) is 1.68. The van der Waals surface area contributed by atoms with Gasteiger partial charge in [0.15, 0.2) is 0 Å². The fourth-order valence-electron chi connectivity index (χ4n) is 0.776. The lowest BCUT2D eigenvalue weighted by molar-refractivity contribution is 0.389. The molecule has 0 aromatic carbocycles. The highest BCUT2D eigenvalue weighted by Gasteiger charge is 2.33.